The molecule has 6 nitrogen and oxygen atoms in total. The van der Waals surface area contributed by atoms with Crippen molar-refractivity contribution in [3.05, 3.63) is 11.7 Å². The maximum Gasteiger partial charge on any atom is 0.236 e. The van der Waals surface area contributed by atoms with E-state index < -0.39 is 0 Å². The average molecular weight is 254 g/mol. The van der Waals surface area contributed by atoms with Gasteiger partial charge in [-0.25, -0.2) is 0 Å². The van der Waals surface area contributed by atoms with Gasteiger partial charge in [0.1, 0.15) is 6.10 Å². The van der Waals surface area contributed by atoms with E-state index in [1.165, 1.54) is 11.8 Å². The second-order valence-corrected chi connectivity index (χ2v) is 4.80. The summed E-state index contributed by atoms with van der Waals surface area (Å²) in [5.74, 6) is 2.16. The minimum atomic E-state index is -0.104. The highest BCUT2D eigenvalue weighted by atomic mass is 32.2. The summed E-state index contributed by atoms with van der Waals surface area (Å²) in [7, 11) is 2.04. The normalized spacial score (nSPS) is 21.3. The summed E-state index contributed by atoms with van der Waals surface area (Å²) in [6, 6.07) is 2.06. The van der Waals surface area contributed by atoms with Gasteiger partial charge in [-0.15, -0.1) is 11.8 Å². The van der Waals surface area contributed by atoms with Crippen LogP contribution in [0.15, 0.2) is 4.52 Å². The number of nitriles is 1. The van der Waals surface area contributed by atoms with E-state index in [-0.39, 0.29) is 6.10 Å². The molecule has 1 aliphatic rings. The molecule has 1 saturated heterocycles. The standard InChI is InChI=1S/C10H14N4O2S/c1-14-3-4-15-8(6-14)10-12-9(16-13-10)7-17-5-2-11/h8H,3-7H2,1H3. The maximum absolute atomic E-state index is 8.42. The summed E-state index contributed by atoms with van der Waals surface area (Å²) >= 11 is 1.46. The van der Waals surface area contributed by atoms with Gasteiger partial charge in [-0.05, 0) is 7.05 Å². The molecule has 17 heavy (non-hydrogen) atoms. The topological polar surface area (TPSA) is 75.2 Å². The Balaban J connectivity index is 1.91. The lowest BCUT2D eigenvalue weighted by Gasteiger charge is -2.27. The van der Waals surface area contributed by atoms with Crippen LogP contribution in [0.5, 0.6) is 0 Å². The molecule has 1 aromatic heterocycles. The van der Waals surface area contributed by atoms with E-state index in [0.717, 1.165) is 13.1 Å². The zero-order chi connectivity index (χ0) is 12.1. The zero-order valence-electron chi connectivity index (χ0n) is 9.63. The number of nitrogens with zero attached hydrogens (tertiary/aromatic N) is 4. The summed E-state index contributed by atoms with van der Waals surface area (Å²) in [5, 5.41) is 12.3. The number of rotatable bonds is 4. The summed E-state index contributed by atoms with van der Waals surface area (Å²) in [5.41, 5.74) is 0. The molecule has 0 aromatic carbocycles. The molecular formula is C10H14N4O2S. The van der Waals surface area contributed by atoms with Gasteiger partial charge in [-0.2, -0.15) is 10.2 Å². The van der Waals surface area contributed by atoms with Crippen molar-refractivity contribution in [1.29, 1.82) is 5.26 Å². The second-order valence-electron chi connectivity index (χ2n) is 3.82. The highest BCUT2D eigenvalue weighted by molar-refractivity contribution is 7.98. The van der Waals surface area contributed by atoms with Crippen LogP contribution in [0.25, 0.3) is 0 Å². The Hall–Kier alpha value is -1.10. The van der Waals surface area contributed by atoms with Gasteiger partial charge < -0.3 is 14.2 Å². The molecule has 1 unspecified atom stereocenters. The lowest BCUT2D eigenvalue weighted by molar-refractivity contribution is -0.0264. The van der Waals surface area contributed by atoms with E-state index in [2.05, 4.69) is 21.1 Å². The first-order valence-electron chi connectivity index (χ1n) is 5.37. The van der Waals surface area contributed by atoms with Gasteiger partial charge in [0.2, 0.25) is 11.7 Å². The van der Waals surface area contributed by atoms with Gasteiger partial charge in [0.25, 0.3) is 0 Å². The van der Waals surface area contributed by atoms with E-state index in [0.29, 0.717) is 29.8 Å². The summed E-state index contributed by atoms with van der Waals surface area (Å²) in [6.45, 7) is 2.40. The Morgan fingerprint density at radius 1 is 1.65 bits per heavy atom. The first-order chi connectivity index (χ1) is 8.29. The monoisotopic (exact) mass is 254 g/mol. The van der Waals surface area contributed by atoms with Crippen molar-refractivity contribution in [3.63, 3.8) is 0 Å². The van der Waals surface area contributed by atoms with Gasteiger partial charge in [0.05, 0.1) is 24.2 Å². The Morgan fingerprint density at radius 3 is 3.29 bits per heavy atom. The maximum atomic E-state index is 8.42. The molecule has 0 bridgehead atoms. The Morgan fingerprint density at radius 2 is 2.53 bits per heavy atom. The smallest absolute Gasteiger partial charge is 0.236 e. The van der Waals surface area contributed by atoms with Crippen molar-refractivity contribution >= 4 is 11.8 Å². The van der Waals surface area contributed by atoms with Crippen molar-refractivity contribution in [3.8, 4) is 6.07 Å². The fourth-order valence-electron chi connectivity index (χ4n) is 1.58. The molecular weight excluding hydrogens is 240 g/mol. The molecule has 0 N–H and O–H groups in total. The van der Waals surface area contributed by atoms with Crippen LogP contribution in [-0.4, -0.2) is 47.5 Å². The predicted octanol–water partition coefficient (Wildman–Crippen LogP) is 0.829. The number of likely N-dealkylation sites (N-methyl/N-ethyl adjacent to an activating group) is 1. The fourth-order valence-corrected chi connectivity index (χ4v) is 2.06. The number of hydrogen-bond donors (Lipinski definition) is 0. The van der Waals surface area contributed by atoms with Gasteiger partial charge in [-0.1, -0.05) is 5.16 Å². The number of ether oxygens (including phenoxy) is 1. The molecule has 0 aliphatic carbocycles. The largest absolute Gasteiger partial charge is 0.367 e. The lowest BCUT2D eigenvalue weighted by Crippen LogP contribution is -2.35. The van der Waals surface area contributed by atoms with Crippen LogP contribution in [0, 0.1) is 11.3 Å². The van der Waals surface area contributed by atoms with Crippen molar-refractivity contribution in [2.45, 2.75) is 11.9 Å². The molecule has 1 atom stereocenters. The zero-order valence-corrected chi connectivity index (χ0v) is 10.4. The van der Waals surface area contributed by atoms with Crippen molar-refractivity contribution < 1.29 is 9.26 Å². The average Bonchev–Trinajstić information content (AvgIpc) is 2.78. The third kappa shape index (κ3) is 3.43. The molecule has 0 radical (unpaired) electrons. The highest BCUT2D eigenvalue weighted by Gasteiger charge is 2.24. The first kappa shape index (κ1) is 12.4. The summed E-state index contributed by atoms with van der Waals surface area (Å²) in [6.07, 6.45) is -0.104. The third-order valence-electron chi connectivity index (χ3n) is 2.43. The van der Waals surface area contributed by atoms with Crippen molar-refractivity contribution in [2.75, 3.05) is 32.5 Å². The molecule has 1 fully saturated rings. The van der Waals surface area contributed by atoms with E-state index in [4.69, 9.17) is 14.5 Å². The first-order valence-corrected chi connectivity index (χ1v) is 6.52. The number of hydrogen-bond acceptors (Lipinski definition) is 7. The number of thioether (sulfide) groups is 1. The van der Waals surface area contributed by atoms with Crippen LogP contribution in [0.2, 0.25) is 0 Å². The van der Waals surface area contributed by atoms with Gasteiger partial charge in [0, 0.05) is 13.1 Å². The minimum Gasteiger partial charge on any atom is -0.367 e. The minimum absolute atomic E-state index is 0.104. The van der Waals surface area contributed by atoms with Crippen LogP contribution >= 0.6 is 11.8 Å². The molecule has 2 heterocycles. The molecule has 92 valence electrons. The predicted molar refractivity (Wildman–Crippen MR) is 62.3 cm³/mol. The van der Waals surface area contributed by atoms with Crippen LogP contribution < -0.4 is 0 Å². The van der Waals surface area contributed by atoms with Crippen LogP contribution in [0.1, 0.15) is 17.8 Å². The third-order valence-corrected chi connectivity index (χ3v) is 3.22. The quantitative estimate of drug-likeness (QED) is 0.736. The SMILES string of the molecule is CN1CCOC(c2noc(CSCC#N)n2)C1. The molecule has 0 saturated carbocycles. The van der Waals surface area contributed by atoms with Gasteiger partial charge >= 0.3 is 0 Å². The summed E-state index contributed by atoms with van der Waals surface area (Å²) in [4.78, 5) is 6.46. The lowest BCUT2D eigenvalue weighted by atomic mass is 10.3. The molecule has 1 aromatic rings. The van der Waals surface area contributed by atoms with Gasteiger partial charge in [-0.3, -0.25) is 0 Å². The van der Waals surface area contributed by atoms with Crippen molar-refractivity contribution in [1.82, 2.24) is 15.0 Å². The Kier molecular flexibility index (Phi) is 4.36. The molecule has 0 spiro atoms. The molecule has 2 rings (SSSR count). The van der Waals surface area contributed by atoms with Crippen LogP contribution in [0.4, 0.5) is 0 Å². The van der Waals surface area contributed by atoms with E-state index in [1.807, 2.05) is 7.05 Å². The molecule has 1 aliphatic heterocycles. The number of morpholine rings is 1. The van der Waals surface area contributed by atoms with E-state index in [9.17, 15) is 0 Å². The molecule has 0 amide bonds. The number of aromatic nitrogens is 2. The van der Waals surface area contributed by atoms with E-state index >= 15 is 0 Å². The van der Waals surface area contributed by atoms with Crippen molar-refractivity contribution in [2.24, 2.45) is 0 Å². The Bertz CT molecular complexity index is 403. The van der Waals surface area contributed by atoms with E-state index in [1.54, 1.807) is 0 Å². The fraction of sp³-hybridized carbons (Fsp3) is 0.700. The summed E-state index contributed by atoms with van der Waals surface area (Å²) < 4.78 is 10.7. The second kappa shape index (κ2) is 6.00. The van der Waals surface area contributed by atoms with Crippen LogP contribution in [0.3, 0.4) is 0 Å². The van der Waals surface area contributed by atoms with Gasteiger partial charge in [0.15, 0.2) is 0 Å². The Labute approximate surface area is 104 Å². The van der Waals surface area contributed by atoms with Crippen LogP contribution in [-0.2, 0) is 10.5 Å². The highest BCUT2D eigenvalue weighted by Crippen LogP contribution is 2.19. The molecule has 7 heteroatoms.